The zero-order valence-corrected chi connectivity index (χ0v) is 18.6. The molecule has 0 aliphatic carbocycles. The molecule has 0 saturated carbocycles. The average Bonchev–Trinajstić information content (AvgIpc) is 3.06. The van der Waals surface area contributed by atoms with E-state index in [0.29, 0.717) is 50.0 Å². The maximum Gasteiger partial charge on any atom is 0.409 e. The minimum absolute atomic E-state index is 0.0229. The van der Waals surface area contributed by atoms with Crippen molar-refractivity contribution < 1.29 is 14.3 Å². The molecular formula is C25H29N3O4. The van der Waals surface area contributed by atoms with E-state index < -0.39 is 0 Å². The number of carbonyl (C=O) groups excluding carboxylic acids is 2. The van der Waals surface area contributed by atoms with Crippen LogP contribution in [0.3, 0.4) is 0 Å². The molecule has 1 aliphatic heterocycles. The molecule has 0 unspecified atom stereocenters. The van der Waals surface area contributed by atoms with Gasteiger partial charge in [0, 0.05) is 37.0 Å². The maximum absolute atomic E-state index is 13.3. The number of aromatic nitrogens is 1. The SMILES string of the molecule is CC(C)COC(=O)N1CCCN(C(=O)Cn2c3ccccc3c(=O)c3ccccc32)CC1. The van der Waals surface area contributed by atoms with Gasteiger partial charge in [-0.15, -0.1) is 0 Å². The van der Waals surface area contributed by atoms with Gasteiger partial charge in [0.2, 0.25) is 5.91 Å². The summed E-state index contributed by atoms with van der Waals surface area (Å²) in [7, 11) is 0. The van der Waals surface area contributed by atoms with E-state index in [1.54, 1.807) is 21.9 Å². The van der Waals surface area contributed by atoms with Gasteiger partial charge < -0.3 is 19.1 Å². The van der Waals surface area contributed by atoms with Crippen LogP contribution in [0, 0.1) is 5.92 Å². The van der Waals surface area contributed by atoms with E-state index in [4.69, 9.17) is 4.74 Å². The van der Waals surface area contributed by atoms with Crippen LogP contribution in [0.1, 0.15) is 20.3 Å². The second kappa shape index (κ2) is 9.42. The number of pyridine rings is 1. The minimum atomic E-state index is -0.314. The molecule has 0 bridgehead atoms. The van der Waals surface area contributed by atoms with Crippen LogP contribution in [-0.2, 0) is 16.1 Å². The quantitative estimate of drug-likeness (QED) is 0.588. The zero-order chi connectivity index (χ0) is 22.7. The molecule has 7 heteroatoms. The van der Waals surface area contributed by atoms with Gasteiger partial charge in [-0.2, -0.15) is 0 Å². The Morgan fingerprint density at radius 3 is 2.06 bits per heavy atom. The molecule has 1 saturated heterocycles. The van der Waals surface area contributed by atoms with Crippen molar-refractivity contribution >= 4 is 33.8 Å². The van der Waals surface area contributed by atoms with E-state index in [0.717, 1.165) is 11.0 Å². The standard InChI is InChI=1S/C25H29N3O4/c1-18(2)17-32-25(31)27-13-7-12-26(14-15-27)23(29)16-28-21-10-5-3-8-19(21)24(30)20-9-4-6-11-22(20)28/h3-6,8-11,18H,7,12-17H2,1-2H3. The number of hydrogen-bond donors (Lipinski definition) is 0. The largest absolute Gasteiger partial charge is 0.449 e. The van der Waals surface area contributed by atoms with Gasteiger partial charge in [0.25, 0.3) is 0 Å². The number of rotatable bonds is 4. The third kappa shape index (κ3) is 4.47. The lowest BCUT2D eigenvalue weighted by molar-refractivity contribution is -0.131. The van der Waals surface area contributed by atoms with Crippen LogP contribution in [0.5, 0.6) is 0 Å². The number of nitrogens with zero attached hydrogens (tertiary/aromatic N) is 3. The predicted molar refractivity (Wildman–Crippen MR) is 125 cm³/mol. The van der Waals surface area contributed by atoms with E-state index in [-0.39, 0.29) is 29.9 Å². The first kappa shape index (κ1) is 21.9. The molecule has 1 fully saturated rings. The Balaban J connectivity index is 1.55. The van der Waals surface area contributed by atoms with Crippen LogP contribution in [0.4, 0.5) is 4.79 Å². The van der Waals surface area contributed by atoms with Gasteiger partial charge in [-0.1, -0.05) is 38.1 Å². The highest BCUT2D eigenvalue weighted by Gasteiger charge is 2.24. The Labute approximate surface area is 187 Å². The van der Waals surface area contributed by atoms with Gasteiger partial charge in [-0.25, -0.2) is 4.79 Å². The van der Waals surface area contributed by atoms with E-state index in [1.165, 1.54) is 0 Å². The van der Waals surface area contributed by atoms with Gasteiger partial charge in [0.1, 0.15) is 6.54 Å². The van der Waals surface area contributed by atoms with Crippen molar-refractivity contribution in [1.82, 2.24) is 14.4 Å². The molecule has 1 aliphatic rings. The highest BCUT2D eigenvalue weighted by atomic mass is 16.6. The molecule has 0 atom stereocenters. The summed E-state index contributed by atoms with van der Waals surface area (Å²) in [6.07, 6.45) is 0.388. The molecule has 0 radical (unpaired) electrons. The maximum atomic E-state index is 13.3. The van der Waals surface area contributed by atoms with Crippen molar-refractivity contribution in [3.05, 3.63) is 58.8 Å². The summed E-state index contributed by atoms with van der Waals surface area (Å²) in [5.74, 6) is 0.257. The van der Waals surface area contributed by atoms with Crippen LogP contribution >= 0.6 is 0 Å². The number of amides is 2. The molecule has 0 spiro atoms. The fourth-order valence-electron chi connectivity index (χ4n) is 4.16. The predicted octanol–water partition coefficient (Wildman–Crippen LogP) is 3.48. The molecular weight excluding hydrogens is 406 g/mol. The van der Waals surface area contributed by atoms with Crippen molar-refractivity contribution in [2.24, 2.45) is 5.92 Å². The van der Waals surface area contributed by atoms with E-state index in [9.17, 15) is 14.4 Å². The topological polar surface area (TPSA) is 71.8 Å². The van der Waals surface area contributed by atoms with Crippen molar-refractivity contribution in [2.45, 2.75) is 26.8 Å². The summed E-state index contributed by atoms with van der Waals surface area (Å²) in [4.78, 5) is 42.0. The summed E-state index contributed by atoms with van der Waals surface area (Å²) in [6.45, 7) is 6.61. The first-order valence-corrected chi connectivity index (χ1v) is 11.2. The third-order valence-corrected chi connectivity index (χ3v) is 5.82. The van der Waals surface area contributed by atoms with Gasteiger partial charge in [0.15, 0.2) is 5.43 Å². The van der Waals surface area contributed by atoms with Crippen molar-refractivity contribution in [1.29, 1.82) is 0 Å². The molecule has 4 rings (SSSR count). The summed E-state index contributed by atoms with van der Waals surface area (Å²) in [5, 5.41) is 1.21. The Bertz CT molecular complexity index is 1140. The number of hydrogen-bond acceptors (Lipinski definition) is 4. The lowest BCUT2D eigenvalue weighted by Gasteiger charge is -2.23. The van der Waals surface area contributed by atoms with Crippen molar-refractivity contribution in [3.63, 3.8) is 0 Å². The van der Waals surface area contributed by atoms with E-state index in [1.807, 2.05) is 54.8 Å². The highest BCUT2D eigenvalue weighted by molar-refractivity contribution is 5.94. The summed E-state index contributed by atoms with van der Waals surface area (Å²) >= 11 is 0. The van der Waals surface area contributed by atoms with Crippen LogP contribution in [0.15, 0.2) is 53.3 Å². The number of benzene rings is 2. The summed E-state index contributed by atoms with van der Waals surface area (Å²) in [6, 6.07) is 14.8. The number of carbonyl (C=O) groups is 2. The number of para-hydroxylation sites is 2. The molecule has 2 aromatic carbocycles. The van der Waals surface area contributed by atoms with Crippen LogP contribution in [-0.4, -0.2) is 59.2 Å². The lowest BCUT2D eigenvalue weighted by Crippen LogP contribution is -2.39. The summed E-state index contributed by atoms with van der Waals surface area (Å²) < 4.78 is 7.27. The number of ether oxygens (including phenoxy) is 1. The van der Waals surface area contributed by atoms with Crippen molar-refractivity contribution in [2.75, 3.05) is 32.8 Å². The third-order valence-electron chi connectivity index (χ3n) is 5.82. The Morgan fingerprint density at radius 2 is 1.44 bits per heavy atom. The highest BCUT2D eigenvalue weighted by Crippen LogP contribution is 2.19. The Hall–Kier alpha value is -3.35. The minimum Gasteiger partial charge on any atom is -0.449 e. The summed E-state index contributed by atoms with van der Waals surface area (Å²) in [5.41, 5.74) is 1.47. The zero-order valence-electron chi connectivity index (χ0n) is 18.6. The molecule has 32 heavy (non-hydrogen) atoms. The molecule has 7 nitrogen and oxygen atoms in total. The average molecular weight is 436 g/mol. The Kier molecular flexibility index (Phi) is 6.44. The van der Waals surface area contributed by atoms with Crippen LogP contribution in [0.2, 0.25) is 0 Å². The van der Waals surface area contributed by atoms with Gasteiger partial charge in [-0.3, -0.25) is 9.59 Å². The molecule has 168 valence electrons. The smallest absolute Gasteiger partial charge is 0.409 e. The molecule has 0 N–H and O–H groups in total. The fraction of sp³-hybridized carbons (Fsp3) is 0.400. The van der Waals surface area contributed by atoms with Crippen LogP contribution in [0.25, 0.3) is 21.8 Å². The first-order chi connectivity index (χ1) is 15.5. The van der Waals surface area contributed by atoms with Crippen LogP contribution < -0.4 is 5.43 Å². The molecule has 2 amide bonds. The fourth-order valence-corrected chi connectivity index (χ4v) is 4.16. The van der Waals surface area contributed by atoms with Gasteiger partial charge >= 0.3 is 6.09 Å². The van der Waals surface area contributed by atoms with Gasteiger partial charge in [0.05, 0.1) is 17.6 Å². The molecule has 1 aromatic heterocycles. The normalized spacial score (nSPS) is 14.7. The second-order valence-electron chi connectivity index (χ2n) is 8.64. The lowest BCUT2D eigenvalue weighted by atomic mass is 10.1. The first-order valence-electron chi connectivity index (χ1n) is 11.2. The molecule has 2 heterocycles. The Morgan fingerprint density at radius 1 is 0.875 bits per heavy atom. The molecule has 3 aromatic rings. The second-order valence-corrected chi connectivity index (χ2v) is 8.64. The van der Waals surface area contributed by atoms with Gasteiger partial charge in [-0.05, 0) is 36.6 Å². The monoisotopic (exact) mass is 435 g/mol. The van der Waals surface area contributed by atoms with Crippen molar-refractivity contribution in [3.8, 4) is 0 Å². The van der Waals surface area contributed by atoms with E-state index >= 15 is 0 Å². The number of fused-ring (bicyclic) bond motifs is 2. The van der Waals surface area contributed by atoms with E-state index in [2.05, 4.69) is 0 Å².